The number of sulfonamides is 1. The molecule has 1 N–H and O–H groups in total. The third kappa shape index (κ3) is 4.01. The molecule has 0 aliphatic rings. The zero-order valence-electron chi connectivity index (χ0n) is 12.4. The number of benzene rings is 1. The molecule has 0 aliphatic carbocycles. The van der Waals surface area contributed by atoms with Crippen LogP contribution in [0.15, 0.2) is 33.9 Å². The van der Waals surface area contributed by atoms with Gasteiger partial charge >= 0.3 is 0 Å². The Morgan fingerprint density at radius 2 is 2.09 bits per heavy atom. The maximum absolute atomic E-state index is 12.6. The third-order valence-corrected chi connectivity index (χ3v) is 5.93. The number of anilines is 1. The van der Waals surface area contributed by atoms with Gasteiger partial charge in [0.15, 0.2) is 0 Å². The molecular formula is C15H18ClNO3S2. The first-order chi connectivity index (χ1) is 10.5. The van der Waals surface area contributed by atoms with Crippen molar-refractivity contribution >= 4 is 38.6 Å². The average Bonchev–Trinajstić information content (AvgIpc) is 2.88. The SMILES string of the molecule is CCOCCc1cscc1NS(=O)(=O)c1cccc(Cl)c1C. The summed E-state index contributed by atoms with van der Waals surface area (Å²) in [7, 11) is -3.66. The van der Waals surface area contributed by atoms with Crippen molar-refractivity contribution in [2.75, 3.05) is 17.9 Å². The Morgan fingerprint density at radius 1 is 1.32 bits per heavy atom. The van der Waals surface area contributed by atoms with Crippen molar-refractivity contribution < 1.29 is 13.2 Å². The van der Waals surface area contributed by atoms with Gasteiger partial charge in [0.2, 0.25) is 0 Å². The van der Waals surface area contributed by atoms with Crippen LogP contribution < -0.4 is 4.72 Å². The number of rotatable bonds is 7. The summed E-state index contributed by atoms with van der Waals surface area (Å²) in [6, 6.07) is 4.86. The summed E-state index contributed by atoms with van der Waals surface area (Å²) in [5.74, 6) is 0. The van der Waals surface area contributed by atoms with Gasteiger partial charge in [0.1, 0.15) is 0 Å². The van der Waals surface area contributed by atoms with Crippen LogP contribution in [0.3, 0.4) is 0 Å². The van der Waals surface area contributed by atoms with Gasteiger partial charge in [-0.15, -0.1) is 11.3 Å². The van der Waals surface area contributed by atoms with Crippen molar-refractivity contribution in [2.24, 2.45) is 0 Å². The van der Waals surface area contributed by atoms with Gasteiger partial charge in [-0.05, 0) is 48.9 Å². The molecule has 1 heterocycles. The van der Waals surface area contributed by atoms with Gasteiger partial charge in [0.25, 0.3) is 10.0 Å². The van der Waals surface area contributed by atoms with E-state index in [4.69, 9.17) is 16.3 Å². The van der Waals surface area contributed by atoms with E-state index >= 15 is 0 Å². The topological polar surface area (TPSA) is 55.4 Å². The van der Waals surface area contributed by atoms with Crippen molar-refractivity contribution in [2.45, 2.75) is 25.2 Å². The fourth-order valence-corrected chi connectivity index (χ4v) is 4.50. The summed E-state index contributed by atoms with van der Waals surface area (Å²) in [6.45, 7) is 4.84. The van der Waals surface area contributed by atoms with Crippen LogP contribution in [-0.4, -0.2) is 21.6 Å². The van der Waals surface area contributed by atoms with E-state index in [9.17, 15) is 8.42 Å². The molecule has 1 aromatic heterocycles. The number of thiophene rings is 1. The van der Waals surface area contributed by atoms with Gasteiger partial charge in [-0.25, -0.2) is 8.42 Å². The molecule has 0 spiro atoms. The molecular weight excluding hydrogens is 342 g/mol. The molecule has 2 aromatic rings. The van der Waals surface area contributed by atoms with Gasteiger partial charge < -0.3 is 4.74 Å². The number of nitrogens with one attached hydrogen (secondary N) is 1. The van der Waals surface area contributed by atoms with Crippen LogP contribution in [0, 0.1) is 6.92 Å². The molecule has 1 aromatic carbocycles. The molecule has 0 unspecified atom stereocenters. The predicted octanol–water partition coefficient (Wildman–Crippen LogP) is 4.09. The lowest BCUT2D eigenvalue weighted by atomic mass is 10.2. The fraction of sp³-hybridized carbons (Fsp3) is 0.333. The molecule has 0 atom stereocenters. The molecule has 2 rings (SSSR count). The van der Waals surface area contributed by atoms with E-state index < -0.39 is 10.0 Å². The molecule has 0 aliphatic heterocycles. The van der Waals surface area contributed by atoms with E-state index in [-0.39, 0.29) is 4.90 Å². The number of halogens is 1. The van der Waals surface area contributed by atoms with Crippen LogP contribution >= 0.6 is 22.9 Å². The zero-order chi connectivity index (χ0) is 16.2. The summed E-state index contributed by atoms with van der Waals surface area (Å²) < 4.78 is 33.1. The lowest BCUT2D eigenvalue weighted by molar-refractivity contribution is 0.151. The minimum Gasteiger partial charge on any atom is -0.381 e. The molecule has 0 saturated heterocycles. The highest BCUT2D eigenvalue weighted by molar-refractivity contribution is 7.92. The van der Waals surface area contributed by atoms with Gasteiger partial charge in [0.05, 0.1) is 17.2 Å². The lowest BCUT2D eigenvalue weighted by Gasteiger charge is -2.12. The second-order valence-corrected chi connectivity index (χ2v) is 7.53. The van der Waals surface area contributed by atoms with E-state index in [1.807, 2.05) is 12.3 Å². The maximum atomic E-state index is 12.6. The van der Waals surface area contributed by atoms with Crippen molar-refractivity contribution in [3.8, 4) is 0 Å². The van der Waals surface area contributed by atoms with Gasteiger partial charge in [-0.3, -0.25) is 4.72 Å². The molecule has 0 amide bonds. The van der Waals surface area contributed by atoms with E-state index in [0.717, 1.165) is 5.56 Å². The Morgan fingerprint density at radius 3 is 2.82 bits per heavy atom. The van der Waals surface area contributed by atoms with Crippen LogP contribution in [0.4, 0.5) is 5.69 Å². The van der Waals surface area contributed by atoms with Gasteiger partial charge in [-0.2, -0.15) is 0 Å². The summed E-state index contributed by atoms with van der Waals surface area (Å²) in [6.07, 6.45) is 0.670. The molecule has 0 radical (unpaired) electrons. The standard InChI is InChI=1S/C15H18ClNO3S2/c1-3-20-8-7-12-9-21-10-14(12)17-22(18,19)15-6-4-5-13(16)11(15)2/h4-6,9-10,17H,3,7-8H2,1-2H3. The smallest absolute Gasteiger partial charge is 0.262 e. The highest BCUT2D eigenvalue weighted by Crippen LogP contribution is 2.28. The summed E-state index contributed by atoms with van der Waals surface area (Å²) in [4.78, 5) is 0.196. The minimum absolute atomic E-state index is 0.196. The Balaban J connectivity index is 2.23. The molecule has 120 valence electrons. The summed E-state index contributed by atoms with van der Waals surface area (Å²) >= 11 is 7.47. The Kier molecular flexibility index (Phi) is 5.86. The van der Waals surface area contributed by atoms with Crippen LogP contribution in [0.1, 0.15) is 18.1 Å². The highest BCUT2D eigenvalue weighted by Gasteiger charge is 2.19. The molecule has 4 nitrogen and oxygen atoms in total. The Bertz CT molecular complexity index is 741. The lowest BCUT2D eigenvalue weighted by Crippen LogP contribution is -2.15. The summed E-state index contributed by atoms with van der Waals surface area (Å²) in [5.41, 5.74) is 2.08. The first kappa shape index (κ1) is 17.3. The largest absolute Gasteiger partial charge is 0.381 e. The molecule has 0 saturated carbocycles. The molecule has 22 heavy (non-hydrogen) atoms. The average molecular weight is 360 g/mol. The normalized spacial score (nSPS) is 11.6. The highest BCUT2D eigenvalue weighted by atomic mass is 35.5. The van der Waals surface area contributed by atoms with Crippen LogP contribution in [0.25, 0.3) is 0 Å². The minimum atomic E-state index is -3.66. The number of hydrogen-bond acceptors (Lipinski definition) is 4. The van der Waals surface area contributed by atoms with Gasteiger partial charge in [-0.1, -0.05) is 17.7 Å². The maximum Gasteiger partial charge on any atom is 0.262 e. The number of hydrogen-bond donors (Lipinski definition) is 1. The fourth-order valence-electron chi connectivity index (χ4n) is 2.01. The molecule has 7 heteroatoms. The molecule has 0 fully saturated rings. The second-order valence-electron chi connectivity index (χ2n) is 4.73. The number of ether oxygens (including phenoxy) is 1. The van der Waals surface area contributed by atoms with Crippen molar-refractivity contribution in [1.82, 2.24) is 0 Å². The first-order valence-electron chi connectivity index (χ1n) is 6.86. The monoisotopic (exact) mass is 359 g/mol. The predicted molar refractivity (Wildman–Crippen MR) is 91.5 cm³/mol. The molecule has 0 bridgehead atoms. The van der Waals surface area contributed by atoms with Crippen LogP contribution in [0.5, 0.6) is 0 Å². The Labute approximate surface area is 140 Å². The Hall–Kier alpha value is -1.08. The van der Waals surface area contributed by atoms with Crippen molar-refractivity contribution in [3.63, 3.8) is 0 Å². The van der Waals surface area contributed by atoms with Gasteiger partial charge in [0, 0.05) is 17.0 Å². The summed E-state index contributed by atoms with van der Waals surface area (Å²) in [5, 5.41) is 4.16. The van der Waals surface area contributed by atoms with Crippen LogP contribution in [0.2, 0.25) is 5.02 Å². The van der Waals surface area contributed by atoms with Crippen molar-refractivity contribution in [1.29, 1.82) is 0 Å². The third-order valence-electron chi connectivity index (χ3n) is 3.21. The zero-order valence-corrected chi connectivity index (χ0v) is 14.8. The van der Waals surface area contributed by atoms with Crippen LogP contribution in [-0.2, 0) is 21.2 Å². The second kappa shape index (κ2) is 7.46. The van der Waals surface area contributed by atoms with E-state index in [1.165, 1.54) is 11.3 Å². The van der Waals surface area contributed by atoms with Crippen molar-refractivity contribution in [3.05, 3.63) is 45.1 Å². The first-order valence-corrected chi connectivity index (χ1v) is 9.67. The quantitative estimate of drug-likeness (QED) is 0.757. The van der Waals surface area contributed by atoms with E-state index in [0.29, 0.717) is 35.9 Å². The van der Waals surface area contributed by atoms with E-state index in [2.05, 4.69) is 4.72 Å². The van der Waals surface area contributed by atoms with E-state index in [1.54, 1.807) is 30.5 Å².